The maximum absolute atomic E-state index is 11.7. The van der Waals surface area contributed by atoms with E-state index in [9.17, 15) is 13.2 Å². The van der Waals surface area contributed by atoms with Crippen LogP contribution in [-0.2, 0) is 16.0 Å². The van der Waals surface area contributed by atoms with Gasteiger partial charge in [-0.2, -0.15) is 13.2 Å². The first-order valence-corrected chi connectivity index (χ1v) is 6.05. The van der Waals surface area contributed by atoms with Crippen LogP contribution in [-0.4, -0.2) is 32.7 Å². The second-order valence-electron chi connectivity index (χ2n) is 4.01. The quantitative estimate of drug-likeness (QED) is 0.556. The molecule has 1 aromatic rings. The van der Waals surface area contributed by atoms with Gasteiger partial charge in [0.05, 0.1) is 6.61 Å². The fourth-order valence-corrected chi connectivity index (χ4v) is 1.40. The number of alkyl halides is 3. The van der Waals surface area contributed by atoms with Crippen molar-refractivity contribution in [3.05, 3.63) is 35.9 Å². The van der Waals surface area contributed by atoms with E-state index in [1.807, 2.05) is 30.3 Å². The molecule has 0 bridgehead atoms. The Morgan fingerprint density at radius 2 is 1.79 bits per heavy atom. The largest absolute Gasteiger partial charge is 0.411 e. The van der Waals surface area contributed by atoms with Crippen molar-refractivity contribution in [1.82, 2.24) is 5.32 Å². The molecule has 1 N–H and O–H groups in total. The Balaban J connectivity index is 1.87. The Kier molecular flexibility index (Phi) is 7.47. The normalized spacial score (nSPS) is 11.7. The van der Waals surface area contributed by atoms with Crippen LogP contribution >= 0.6 is 0 Å². The predicted octanol–water partition coefficient (Wildman–Crippen LogP) is 2.72. The summed E-state index contributed by atoms with van der Waals surface area (Å²) in [6.07, 6.45) is -3.57. The maximum Gasteiger partial charge on any atom is 0.411 e. The van der Waals surface area contributed by atoms with Crippen molar-refractivity contribution in [3.63, 3.8) is 0 Å². The highest BCUT2D eigenvalue weighted by atomic mass is 19.4. The van der Waals surface area contributed by atoms with Gasteiger partial charge in [0.25, 0.3) is 0 Å². The summed E-state index contributed by atoms with van der Waals surface area (Å²) < 4.78 is 44.3. The molecule has 0 atom stereocenters. The average Bonchev–Trinajstić information content (AvgIpc) is 2.37. The van der Waals surface area contributed by atoms with Crippen molar-refractivity contribution in [1.29, 1.82) is 0 Å². The molecule has 108 valence electrons. The molecule has 19 heavy (non-hydrogen) atoms. The molecule has 0 saturated carbocycles. The van der Waals surface area contributed by atoms with Crippen LogP contribution in [0, 0.1) is 0 Å². The third-order valence-corrected chi connectivity index (χ3v) is 2.25. The molecule has 1 aromatic carbocycles. The number of ether oxygens (including phenoxy) is 2. The first-order chi connectivity index (χ1) is 9.08. The van der Waals surface area contributed by atoms with Crippen LogP contribution in [0.5, 0.6) is 0 Å². The van der Waals surface area contributed by atoms with E-state index in [-0.39, 0.29) is 6.79 Å². The third-order valence-electron chi connectivity index (χ3n) is 2.25. The van der Waals surface area contributed by atoms with Crippen LogP contribution in [0.15, 0.2) is 30.3 Å². The van der Waals surface area contributed by atoms with Gasteiger partial charge in [-0.1, -0.05) is 30.3 Å². The standard InChI is InChI=1S/C13H18F3NO2/c14-13(15,16)10-19-11-18-8-4-7-17-9-12-5-2-1-3-6-12/h1-3,5-6,17H,4,7-11H2. The van der Waals surface area contributed by atoms with Gasteiger partial charge >= 0.3 is 6.18 Å². The van der Waals surface area contributed by atoms with Crippen LogP contribution in [0.2, 0.25) is 0 Å². The van der Waals surface area contributed by atoms with Crippen LogP contribution < -0.4 is 5.32 Å². The topological polar surface area (TPSA) is 30.5 Å². The van der Waals surface area contributed by atoms with Crippen LogP contribution in [0.1, 0.15) is 12.0 Å². The van der Waals surface area contributed by atoms with Gasteiger partial charge in [-0.25, -0.2) is 0 Å². The Hall–Kier alpha value is -1.11. The van der Waals surface area contributed by atoms with Gasteiger partial charge in [-0.15, -0.1) is 0 Å². The molecule has 0 saturated heterocycles. The van der Waals surface area contributed by atoms with Crippen LogP contribution in [0.25, 0.3) is 0 Å². The fourth-order valence-electron chi connectivity index (χ4n) is 1.40. The zero-order chi connectivity index (χ0) is 14.0. The second-order valence-corrected chi connectivity index (χ2v) is 4.01. The summed E-state index contributed by atoms with van der Waals surface area (Å²) in [6.45, 7) is 0.302. The van der Waals surface area contributed by atoms with E-state index in [1.165, 1.54) is 5.56 Å². The number of hydrogen-bond donors (Lipinski definition) is 1. The van der Waals surface area contributed by atoms with Gasteiger partial charge in [-0.3, -0.25) is 0 Å². The van der Waals surface area contributed by atoms with E-state index in [4.69, 9.17) is 4.74 Å². The van der Waals surface area contributed by atoms with E-state index in [0.29, 0.717) is 6.61 Å². The highest BCUT2D eigenvalue weighted by Gasteiger charge is 2.27. The minimum atomic E-state index is -4.29. The summed E-state index contributed by atoms with van der Waals surface area (Å²) in [5, 5.41) is 3.22. The SMILES string of the molecule is FC(F)(F)COCOCCCNCc1ccccc1. The lowest BCUT2D eigenvalue weighted by Crippen LogP contribution is -2.19. The first-order valence-electron chi connectivity index (χ1n) is 6.05. The minimum Gasteiger partial charge on any atom is -0.355 e. The lowest BCUT2D eigenvalue weighted by atomic mass is 10.2. The Bertz CT molecular complexity index is 330. The molecular formula is C13H18F3NO2. The highest BCUT2D eigenvalue weighted by Crippen LogP contribution is 2.14. The first kappa shape index (κ1) is 15.9. The summed E-state index contributed by atoms with van der Waals surface area (Å²) in [4.78, 5) is 0. The molecule has 0 fully saturated rings. The van der Waals surface area contributed by atoms with Crippen molar-refractivity contribution in [2.45, 2.75) is 19.1 Å². The molecule has 0 aliphatic rings. The summed E-state index contributed by atoms with van der Waals surface area (Å²) >= 11 is 0. The van der Waals surface area contributed by atoms with Gasteiger partial charge in [0.1, 0.15) is 13.4 Å². The molecule has 6 heteroatoms. The molecule has 0 unspecified atom stereocenters. The molecular weight excluding hydrogens is 259 g/mol. The Morgan fingerprint density at radius 3 is 2.47 bits per heavy atom. The number of rotatable bonds is 9. The van der Waals surface area contributed by atoms with Crippen molar-refractivity contribution < 1.29 is 22.6 Å². The summed E-state index contributed by atoms with van der Waals surface area (Å²) in [6, 6.07) is 9.94. The van der Waals surface area contributed by atoms with Gasteiger partial charge in [0.15, 0.2) is 0 Å². The lowest BCUT2D eigenvalue weighted by molar-refractivity contribution is -0.196. The second kappa shape index (κ2) is 8.90. The summed E-state index contributed by atoms with van der Waals surface area (Å²) in [5.74, 6) is 0. The molecule has 0 heterocycles. The zero-order valence-corrected chi connectivity index (χ0v) is 10.6. The highest BCUT2D eigenvalue weighted by molar-refractivity contribution is 5.14. The Morgan fingerprint density at radius 1 is 1.05 bits per heavy atom. The maximum atomic E-state index is 11.7. The lowest BCUT2D eigenvalue weighted by Gasteiger charge is -2.08. The smallest absolute Gasteiger partial charge is 0.355 e. The fraction of sp³-hybridized carbons (Fsp3) is 0.538. The van der Waals surface area contributed by atoms with Crippen molar-refractivity contribution in [2.24, 2.45) is 0 Å². The molecule has 1 rings (SSSR count). The molecule has 0 spiro atoms. The molecule has 0 aliphatic carbocycles. The summed E-state index contributed by atoms with van der Waals surface area (Å²) in [5.41, 5.74) is 1.19. The third kappa shape index (κ3) is 9.47. The number of halogens is 3. The molecule has 0 amide bonds. The van der Waals surface area contributed by atoms with Gasteiger partial charge in [-0.05, 0) is 18.5 Å². The minimum absolute atomic E-state index is 0.321. The molecule has 0 radical (unpaired) electrons. The van der Waals surface area contributed by atoms with E-state index in [1.54, 1.807) is 0 Å². The zero-order valence-electron chi connectivity index (χ0n) is 10.6. The van der Waals surface area contributed by atoms with E-state index in [2.05, 4.69) is 10.1 Å². The number of nitrogens with one attached hydrogen (secondary N) is 1. The number of hydrogen-bond acceptors (Lipinski definition) is 3. The van der Waals surface area contributed by atoms with Crippen LogP contribution in [0.3, 0.4) is 0 Å². The van der Waals surface area contributed by atoms with Gasteiger partial charge in [0.2, 0.25) is 0 Å². The number of benzene rings is 1. The van der Waals surface area contributed by atoms with Gasteiger partial charge in [0, 0.05) is 6.54 Å². The predicted molar refractivity (Wildman–Crippen MR) is 65.6 cm³/mol. The van der Waals surface area contributed by atoms with E-state index < -0.39 is 12.8 Å². The average molecular weight is 277 g/mol. The van der Waals surface area contributed by atoms with Crippen LogP contribution in [0.4, 0.5) is 13.2 Å². The molecule has 0 aliphatic heterocycles. The van der Waals surface area contributed by atoms with E-state index >= 15 is 0 Å². The molecule has 0 aromatic heterocycles. The van der Waals surface area contributed by atoms with Crippen molar-refractivity contribution >= 4 is 0 Å². The van der Waals surface area contributed by atoms with E-state index in [0.717, 1.165) is 19.5 Å². The monoisotopic (exact) mass is 277 g/mol. The van der Waals surface area contributed by atoms with Crippen molar-refractivity contribution in [2.75, 3.05) is 26.6 Å². The van der Waals surface area contributed by atoms with Gasteiger partial charge < -0.3 is 14.8 Å². The molecule has 3 nitrogen and oxygen atoms in total. The summed E-state index contributed by atoms with van der Waals surface area (Å²) in [7, 11) is 0. The van der Waals surface area contributed by atoms with Crippen molar-refractivity contribution in [3.8, 4) is 0 Å². The Labute approximate surface area is 110 Å².